The van der Waals surface area contributed by atoms with Crippen LogP contribution in [0.1, 0.15) is 17.0 Å². The molecule has 0 fully saturated rings. The number of nitrogens with one attached hydrogen (secondary N) is 1. The number of anilines is 2. The molecule has 1 unspecified atom stereocenters. The molecule has 3 rings (SSSR count). The van der Waals surface area contributed by atoms with Crippen molar-refractivity contribution in [2.24, 2.45) is 0 Å². The molecule has 1 aromatic heterocycles. The second-order valence-electron chi connectivity index (χ2n) is 4.55. The van der Waals surface area contributed by atoms with E-state index in [2.05, 4.69) is 34.6 Å². The van der Waals surface area contributed by atoms with Gasteiger partial charge in [0.25, 0.3) is 0 Å². The van der Waals surface area contributed by atoms with E-state index in [4.69, 9.17) is 17.3 Å². The third-order valence-electron chi connectivity index (χ3n) is 3.37. The molecular formula is C14H14ClN3. The zero-order valence-corrected chi connectivity index (χ0v) is 10.6. The summed E-state index contributed by atoms with van der Waals surface area (Å²) in [7, 11) is 0. The minimum Gasteiger partial charge on any atom is -0.396 e. The van der Waals surface area contributed by atoms with E-state index in [0.29, 0.717) is 22.6 Å². The van der Waals surface area contributed by atoms with Gasteiger partial charge in [-0.25, -0.2) is 4.98 Å². The molecule has 18 heavy (non-hydrogen) atoms. The minimum atomic E-state index is 0.459. The predicted octanol–water partition coefficient (Wildman–Crippen LogP) is 3.07. The van der Waals surface area contributed by atoms with E-state index in [1.54, 1.807) is 12.1 Å². The van der Waals surface area contributed by atoms with Crippen LogP contribution in [0.3, 0.4) is 0 Å². The number of hydrogen-bond donors (Lipinski definition) is 2. The second kappa shape index (κ2) is 4.50. The number of nitrogens with zero attached hydrogens (tertiary/aromatic N) is 1. The molecule has 1 aliphatic rings. The summed E-state index contributed by atoms with van der Waals surface area (Å²) >= 11 is 5.85. The largest absolute Gasteiger partial charge is 0.396 e. The molecular weight excluding hydrogens is 246 g/mol. The fraction of sp³-hybridized carbons (Fsp3) is 0.214. The normalized spacial score (nSPS) is 16.8. The number of benzene rings is 1. The average molecular weight is 260 g/mol. The van der Waals surface area contributed by atoms with Gasteiger partial charge in [0.2, 0.25) is 0 Å². The Bertz CT molecular complexity index is 583. The van der Waals surface area contributed by atoms with Gasteiger partial charge in [0.15, 0.2) is 5.82 Å². The highest BCUT2D eigenvalue weighted by Crippen LogP contribution is 2.35. The highest BCUT2D eigenvalue weighted by atomic mass is 35.5. The van der Waals surface area contributed by atoms with Gasteiger partial charge < -0.3 is 11.1 Å². The highest BCUT2D eigenvalue weighted by Gasteiger charge is 2.25. The van der Waals surface area contributed by atoms with Crippen LogP contribution in [-0.4, -0.2) is 11.5 Å². The van der Waals surface area contributed by atoms with Crippen LogP contribution in [0.25, 0.3) is 0 Å². The van der Waals surface area contributed by atoms with Gasteiger partial charge in [0, 0.05) is 12.5 Å². The van der Waals surface area contributed by atoms with E-state index in [9.17, 15) is 0 Å². The van der Waals surface area contributed by atoms with E-state index >= 15 is 0 Å². The van der Waals surface area contributed by atoms with Crippen molar-refractivity contribution < 1.29 is 0 Å². The molecule has 1 aromatic carbocycles. The summed E-state index contributed by atoms with van der Waals surface area (Å²) in [5.41, 5.74) is 9.34. The van der Waals surface area contributed by atoms with Gasteiger partial charge >= 0.3 is 0 Å². The lowest BCUT2D eigenvalue weighted by atomic mass is 9.77. The van der Waals surface area contributed by atoms with Crippen molar-refractivity contribution in [1.29, 1.82) is 0 Å². The van der Waals surface area contributed by atoms with Crippen molar-refractivity contribution in [1.82, 2.24) is 4.98 Å². The summed E-state index contributed by atoms with van der Waals surface area (Å²) < 4.78 is 0. The van der Waals surface area contributed by atoms with E-state index in [1.165, 1.54) is 11.1 Å². The third-order valence-corrected chi connectivity index (χ3v) is 3.58. The molecule has 0 saturated heterocycles. The third kappa shape index (κ3) is 2.02. The molecule has 0 bridgehead atoms. The molecule has 0 saturated carbocycles. The quantitative estimate of drug-likeness (QED) is 0.833. The Kier molecular flexibility index (Phi) is 2.84. The van der Waals surface area contributed by atoms with Crippen LogP contribution in [0, 0.1) is 0 Å². The molecule has 1 aliphatic carbocycles. The zero-order valence-electron chi connectivity index (χ0n) is 9.86. The number of pyridine rings is 1. The highest BCUT2D eigenvalue weighted by molar-refractivity contribution is 6.29. The van der Waals surface area contributed by atoms with Gasteiger partial charge in [-0.05, 0) is 29.7 Å². The van der Waals surface area contributed by atoms with Gasteiger partial charge in [0.1, 0.15) is 5.15 Å². The molecule has 1 heterocycles. The number of nitrogen functional groups attached to an aromatic ring is 1. The summed E-state index contributed by atoms with van der Waals surface area (Å²) in [6.45, 7) is 0.842. The van der Waals surface area contributed by atoms with Gasteiger partial charge in [-0.15, -0.1) is 0 Å². The smallest absolute Gasteiger partial charge is 0.150 e. The number of nitrogens with two attached hydrogens (primary N) is 1. The number of aromatic nitrogens is 1. The van der Waals surface area contributed by atoms with Crippen molar-refractivity contribution in [3.05, 3.63) is 52.7 Å². The Hall–Kier alpha value is -1.74. The lowest BCUT2D eigenvalue weighted by Crippen LogP contribution is -2.24. The van der Waals surface area contributed by atoms with E-state index in [-0.39, 0.29) is 0 Å². The fourth-order valence-electron chi connectivity index (χ4n) is 2.35. The van der Waals surface area contributed by atoms with Crippen LogP contribution in [0.5, 0.6) is 0 Å². The molecule has 3 nitrogen and oxygen atoms in total. The molecule has 0 aliphatic heterocycles. The maximum absolute atomic E-state index is 5.85. The molecule has 3 N–H and O–H groups in total. The molecule has 4 heteroatoms. The van der Waals surface area contributed by atoms with Gasteiger partial charge in [-0.3, -0.25) is 0 Å². The van der Waals surface area contributed by atoms with Crippen molar-refractivity contribution in [3.63, 3.8) is 0 Å². The molecule has 0 amide bonds. The van der Waals surface area contributed by atoms with E-state index in [0.717, 1.165) is 13.0 Å². The first-order chi connectivity index (χ1) is 8.74. The summed E-state index contributed by atoms with van der Waals surface area (Å²) in [5, 5.41) is 3.74. The number of rotatable bonds is 3. The molecule has 0 spiro atoms. The van der Waals surface area contributed by atoms with Crippen LogP contribution < -0.4 is 11.1 Å². The first kappa shape index (κ1) is 11.4. The zero-order chi connectivity index (χ0) is 12.5. The SMILES string of the molecule is Nc1ccc(Cl)nc1NCC1Cc2ccccc21. The van der Waals surface area contributed by atoms with Crippen LogP contribution in [-0.2, 0) is 6.42 Å². The Labute approximate surface area is 111 Å². The van der Waals surface area contributed by atoms with Gasteiger partial charge in [-0.1, -0.05) is 35.9 Å². The van der Waals surface area contributed by atoms with Crippen molar-refractivity contribution >= 4 is 23.1 Å². The molecule has 2 aromatic rings. The Morgan fingerprint density at radius 3 is 2.94 bits per heavy atom. The first-order valence-electron chi connectivity index (χ1n) is 5.98. The lowest BCUT2D eigenvalue weighted by Gasteiger charge is -2.30. The van der Waals surface area contributed by atoms with E-state index in [1.807, 2.05) is 0 Å². The number of hydrogen-bond acceptors (Lipinski definition) is 3. The Morgan fingerprint density at radius 1 is 1.28 bits per heavy atom. The van der Waals surface area contributed by atoms with Gasteiger partial charge in [0.05, 0.1) is 5.69 Å². The maximum atomic E-state index is 5.85. The number of fused-ring (bicyclic) bond motifs is 1. The predicted molar refractivity (Wildman–Crippen MR) is 75.0 cm³/mol. The van der Waals surface area contributed by atoms with Crippen molar-refractivity contribution in [2.75, 3.05) is 17.6 Å². The summed E-state index contributed by atoms with van der Waals surface area (Å²) in [6, 6.07) is 12.0. The fourth-order valence-corrected chi connectivity index (χ4v) is 2.50. The van der Waals surface area contributed by atoms with Crippen LogP contribution in [0.15, 0.2) is 36.4 Å². The monoisotopic (exact) mass is 259 g/mol. The Balaban J connectivity index is 1.68. The van der Waals surface area contributed by atoms with Crippen molar-refractivity contribution in [3.8, 4) is 0 Å². The van der Waals surface area contributed by atoms with Gasteiger partial charge in [-0.2, -0.15) is 0 Å². The van der Waals surface area contributed by atoms with Crippen LogP contribution in [0.4, 0.5) is 11.5 Å². The standard InChI is InChI=1S/C14H14ClN3/c15-13-6-5-12(16)14(18-13)17-8-10-7-9-3-1-2-4-11(9)10/h1-6,10H,7-8,16H2,(H,17,18). The lowest BCUT2D eigenvalue weighted by molar-refractivity contribution is 0.635. The molecule has 0 radical (unpaired) electrons. The number of halogens is 1. The second-order valence-corrected chi connectivity index (χ2v) is 4.94. The summed E-state index contributed by atoms with van der Waals surface area (Å²) in [6.07, 6.45) is 1.11. The molecule has 1 atom stereocenters. The summed E-state index contributed by atoms with van der Waals surface area (Å²) in [4.78, 5) is 4.19. The van der Waals surface area contributed by atoms with Crippen LogP contribution in [0.2, 0.25) is 5.15 Å². The maximum Gasteiger partial charge on any atom is 0.150 e. The summed E-state index contributed by atoms with van der Waals surface area (Å²) in [5.74, 6) is 1.22. The topological polar surface area (TPSA) is 50.9 Å². The average Bonchev–Trinajstić information content (AvgIpc) is 2.34. The van der Waals surface area contributed by atoms with Crippen LogP contribution >= 0.6 is 11.6 Å². The molecule has 92 valence electrons. The first-order valence-corrected chi connectivity index (χ1v) is 6.35. The van der Waals surface area contributed by atoms with E-state index < -0.39 is 0 Å². The Morgan fingerprint density at radius 2 is 2.11 bits per heavy atom. The minimum absolute atomic E-state index is 0.459. The van der Waals surface area contributed by atoms with Crippen molar-refractivity contribution in [2.45, 2.75) is 12.3 Å².